The van der Waals surface area contributed by atoms with Crippen LogP contribution in [0.2, 0.25) is 0 Å². The van der Waals surface area contributed by atoms with Gasteiger partial charge >= 0.3 is 6.18 Å². The lowest BCUT2D eigenvalue weighted by atomic mass is 10.2. The molecule has 1 rings (SSSR count). The summed E-state index contributed by atoms with van der Waals surface area (Å²) in [5.74, 6) is 0. The minimum Gasteiger partial charge on any atom is -0.296 e. The average molecular weight is 351 g/mol. The van der Waals surface area contributed by atoms with E-state index < -0.39 is 29.6 Å². The first-order valence-electron chi connectivity index (χ1n) is 3.78. The Kier molecular flexibility index (Phi) is 3.81. The van der Waals surface area contributed by atoms with Gasteiger partial charge in [0, 0.05) is 3.57 Å². The van der Waals surface area contributed by atoms with E-state index in [4.69, 9.17) is 0 Å². The Morgan fingerprint density at radius 1 is 1.38 bits per heavy atom. The van der Waals surface area contributed by atoms with Crippen LogP contribution in [0.1, 0.15) is 28.2 Å². The fraction of sp³-hybridized carbons (Fsp3) is 0.250. The summed E-state index contributed by atoms with van der Waals surface area (Å²) in [6.07, 6.45) is -7.92. The Hall–Kier alpha value is -0.800. The second kappa shape index (κ2) is 4.60. The molecule has 0 bridgehead atoms. The Morgan fingerprint density at radius 3 is 2.31 bits per heavy atom. The Labute approximate surface area is 100.0 Å². The summed E-state index contributed by atoms with van der Waals surface area (Å²) >= 11 is 1.31. The topological polar surface area (TPSA) is 30.0 Å². The zero-order valence-corrected chi connectivity index (χ0v) is 9.51. The fourth-order valence-electron chi connectivity index (χ4n) is 0.993. The highest BCUT2D eigenvalue weighted by Crippen LogP contribution is 2.33. The van der Waals surface area contributed by atoms with Gasteiger partial charge in [0.2, 0.25) is 0 Å². The number of aromatic nitrogens is 1. The molecule has 0 saturated heterocycles. The molecule has 2 nitrogen and oxygen atoms in total. The van der Waals surface area contributed by atoms with Crippen LogP contribution in [0.15, 0.2) is 6.07 Å². The number of alkyl halides is 5. The molecule has 0 amide bonds. The maximum absolute atomic E-state index is 12.4. The SMILES string of the molecule is O=Cc1nc(C(F)(F)F)cc(I)c1C(F)F. The van der Waals surface area contributed by atoms with E-state index in [1.807, 2.05) is 0 Å². The van der Waals surface area contributed by atoms with Gasteiger partial charge in [-0.2, -0.15) is 13.2 Å². The molecule has 0 aliphatic carbocycles. The molecule has 0 aromatic carbocycles. The van der Waals surface area contributed by atoms with Gasteiger partial charge in [0.25, 0.3) is 6.43 Å². The minimum atomic E-state index is -4.77. The Balaban J connectivity index is 3.44. The lowest BCUT2D eigenvalue weighted by Gasteiger charge is -2.11. The zero-order chi connectivity index (χ0) is 12.5. The van der Waals surface area contributed by atoms with E-state index in [0.29, 0.717) is 6.07 Å². The first-order valence-corrected chi connectivity index (χ1v) is 4.86. The number of carbonyl (C=O) groups is 1. The maximum atomic E-state index is 12.4. The lowest BCUT2D eigenvalue weighted by Crippen LogP contribution is -2.12. The van der Waals surface area contributed by atoms with Gasteiger partial charge in [-0.1, -0.05) is 0 Å². The van der Waals surface area contributed by atoms with Gasteiger partial charge < -0.3 is 0 Å². The van der Waals surface area contributed by atoms with Crippen molar-refractivity contribution in [3.05, 3.63) is 26.6 Å². The summed E-state index contributed by atoms with van der Waals surface area (Å²) in [4.78, 5) is 13.3. The summed E-state index contributed by atoms with van der Waals surface area (Å²) in [6, 6.07) is 0.481. The van der Waals surface area contributed by atoms with Gasteiger partial charge in [-0.25, -0.2) is 13.8 Å². The van der Waals surface area contributed by atoms with Crippen molar-refractivity contribution in [2.75, 3.05) is 0 Å². The van der Waals surface area contributed by atoms with Crippen molar-refractivity contribution in [2.45, 2.75) is 12.6 Å². The molecule has 88 valence electrons. The first kappa shape index (κ1) is 13.3. The number of halogens is 6. The van der Waals surface area contributed by atoms with Crippen LogP contribution < -0.4 is 0 Å². The molecule has 0 spiro atoms. The van der Waals surface area contributed by atoms with Gasteiger partial charge in [0.1, 0.15) is 11.4 Å². The Bertz CT molecular complexity index is 418. The van der Waals surface area contributed by atoms with Crippen LogP contribution in [0.5, 0.6) is 0 Å². The highest BCUT2D eigenvalue weighted by Gasteiger charge is 2.34. The fourth-order valence-corrected chi connectivity index (χ4v) is 1.80. The second-order valence-corrected chi connectivity index (χ2v) is 3.87. The van der Waals surface area contributed by atoms with Gasteiger partial charge in [0.05, 0.1) is 5.56 Å². The molecule has 0 fully saturated rings. The van der Waals surface area contributed by atoms with Crippen molar-refractivity contribution < 1.29 is 26.7 Å². The normalized spacial score (nSPS) is 11.9. The van der Waals surface area contributed by atoms with Crippen molar-refractivity contribution in [2.24, 2.45) is 0 Å². The largest absolute Gasteiger partial charge is 0.433 e. The highest BCUT2D eigenvalue weighted by atomic mass is 127. The molecule has 0 saturated carbocycles. The molecule has 1 aromatic heterocycles. The van der Waals surface area contributed by atoms with Crippen LogP contribution in [0.25, 0.3) is 0 Å². The first-order chi connectivity index (χ1) is 7.27. The van der Waals surface area contributed by atoms with Gasteiger partial charge in [-0.3, -0.25) is 4.79 Å². The molecular weight excluding hydrogens is 348 g/mol. The van der Waals surface area contributed by atoms with Crippen molar-refractivity contribution >= 4 is 28.9 Å². The third kappa shape index (κ3) is 2.66. The van der Waals surface area contributed by atoms with Crippen LogP contribution in [0.4, 0.5) is 22.0 Å². The van der Waals surface area contributed by atoms with Crippen LogP contribution in [0, 0.1) is 3.57 Å². The molecule has 16 heavy (non-hydrogen) atoms. The molecule has 0 radical (unpaired) electrons. The highest BCUT2D eigenvalue weighted by molar-refractivity contribution is 14.1. The summed E-state index contributed by atoms with van der Waals surface area (Å²) in [7, 11) is 0. The maximum Gasteiger partial charge on any atom is 0.433 e. The summed E-state index contributed by atoms with van der Waals surface area (Å²) in [5.41, 5.74) is -3.01. The predicted molar refractivity (Wildman–Crippen MR) is 52.3 cm³/mol. The van der Waals surface area contributed by atoms with Crippen LogP contribution in [-0.4, -0.2) is 11.3 Å². The molecule has 0 N–H and O–H groups in total. The van der Waals surface area contributed by atoms with Crippen LogP contribution in [-0.2, 0) is 6.18 Å². The standard InChI is InChI=1S/C8H3F5INO/c9-7(10)6-3(14)1-5(8(11,12)13)15-4(6)2-16/h1-2,7H. The van der Waals surface area contributed by atoms with Crippen molar-refractivity contribution in [3.8, 4) is 0 Å². The van der Waals surface area contributed by atoms with Gasteiger partial charge in [0.15, 0.2) is 6.29 Å². The monoisotopic (exact) mass is 351 g/mol. The summed E-state index contributed by atoms with van der Waals surface area (Å²) < 4.78 is 61.2. The summed E-state index contributed by atoms with van der Waals surface area (Å²) in [5, 5.41) is 0. The van der Waals surface area contributed by atoms with E-state index in [0.717, 1.165) is 0 Å². The molecule has 0 unspecified atom stereocenters. The third-order valence-corrected chi connectivity index (χ3v) is 2.55. The van der Waals surface area contributed by atoms with Gasteiger partial charge in [-0.05, 0) is 28.7 Å². The molecule has 8 heteroatoms. The lowest BCUT2D eigenvalue weighted by molar-refractivity contribution is -0.141. The van der Waals surface area contributed by atoms with Gasteiger partial charge in [-0.15, -0.1) is 0 Å². The van der Waals surface area contributed by atoms with E-state index >= 15 is 0 Å². The van der Waals surface area contributed by atoms with E-state index in [1.54, 1.807) is 0 Å². The second-order valence-electron chi connectivity index (χ2n) is 2.70. The molecule has 0 atom stereocenters. The number of aldehydes is 1. The molecule has 1 aromatic rings. The van der Waals surface area contributed by atoms with Crippen molar-refractivity contribution in [1.29, 1.82) is 0 Å². The number of hydrogen-bond acceptors (Lipinski definition) is 2. The molecule has 1 heterocycles. The van der Waals surface area contributed by atoms with Crippen molar-refractivity contribution in [3.63, 3.8) is 0 Å². The van der Waals surface area contributed by atoms with E-state index in [-0.39, 0.29) is 9.86 Å². The van der Waals surface area contributed by atoms with E-state index in [1.165, 1.54) is 22.6 Å². The van der Waals surface area contributed by atoms with Crippen LogP contribution in [0.3, 0.4) is 0 Å². The third-order valence-electron chi connectivity index (χ3n) is 1.66. The smallest absolute Gasteiger partial charge is 0.296 e. The molecule has 0 aliphatic heterocycles. The quantitative estimate of drug-likeness (QED) is 0.464. The zero-order valence-electron chi connectivity index (χ0n) is 7.36. The minimum absolute atomic E-state index is 0.112. The number of nitrogens with zero attached hydrogens (tertiary/aromatic N) is 1. The number of pyridine rings is 1. The number of rotatable bonds is 2. The van der Waals surface area contributed by atoms with E-state index in [2.05, 4.69) is 4.98 Å². The molecular formula is C8H3F5INO. The van der Waals surface area contributed by atoms with Crippen molar-refractivity contribution in [1.82, 2.24) is 4.98 Å². The van der Waals surface area contributed by atoms with E-state index in [9.17, 15) is 26.7 Å². The average Bonchev–Trinajstić information content (AvgIpc) is 2.14. The Morgan fingerprint density at radius 2 is 1.94 bits per heavy atom. The predicted octanol–water partition coefficient (Wildman–Crippen LogP) is 3.46. The van der Waals surface area contributed by atoms with Crippen LogP contribution >= 0.6 is 22.6 Å². The number of carbonyl (C=O) groups excluding carboxylic acids is 1. The molecule has 0 aliphatic rings. The number of hydrogen-bond donors (Lipinski definition) is 0. The summed E-state index contributed by atoms with van der Waals surface area (Å²) in [6.45, 7) is 0.